The van der Waals surface area contributed by atoms with Crippen LogP contribution in [0.2, 0.25) is 0 Å². The van der Waals surface area contributed by atoms with E-state index in [2.05, 4.69) is 5.32 Å². The Kier molecular flexibility index (Phi) is 3.32. The van der Waals surface area contributed by atoms with Crippen LogP contribution < -0.4 is 5.32 Å². The second-order valence-electron chi connectivity index (χ2n) is 4.48. The van der Waals surface area contributed by atoms with Crippen molar-refractivity contribution >= 4 is 11.8 Å². The third-order valence-corrected chi connectivity index (χ3v) is 3.16. The maximum atomic E-state index is 12.8. The van der Waals surface area contributed by atoms with Crippen LogP contribution in [-0.2, 0) is 9.59 Å². The standard InChI is InChI=1S/C13H15FN2O2/c1-8-13(18)16(7-12(17)15-8)9(2)10-3-5-11(14)6-4-10/h3-6,8-9H,7H2,1-2H3,(H,15,17). The quantitative estimate of drug-likeness (QED) is 0.858. The lowest BCUT2D eigenvalue weighted by molar-refractivity contribution is -0.145. The van der Waals surface area contributed by atoms with E-state index in [4.69, 9.17) is 0 Å². The van der Waals surface area contributed by atoms with Crippen LogP contribution >= 0.6 is 0 Å². The van der Waals surface area contributed by atoms with Crippen molar-refractivity contribution in [1.82, 2.24) is 10.2 Å². The number of carbonyl (C=O) groups excluding carboxylic acids is 2. The van der Waals surface area contributed by atoms with E-state index >= 15 is 0 Å². The monoisotopic (exact) mass is 250 g/mol. The number of hydrogen-bond acceptors (Lipinski definition) is 2. The van der Waals surface area contributed by atoms with Gasteiger partial charge in [-0.2, -0.15) is 0 Å². The minimum Gasteiger partial charge on any atom is -0.343 e. The van der Waals surface area contributed by atoms with E-state index in [0.29, 0.717) is 0 Å². The molecule has 2 rings (SSSR count). The molecule has 2 atom stereocenters. The highest BCUT2D eigenvalue weighted by molar-refractivity contribution is 5.94. The van der Waals surface area contributed by atoms with Crippen LogP contribution in [0, 0.1) is 5.82 Å². The number of carbonyl (C=O) groups is 2. The Bertz CT molecular complexity index is 472. The molecule has 4 nitrogen and oxygen atoms in total. The van der Waals surface area contributed by atoms with Crippen molar-refractivity contribution in [2.24, 2.45) is 0 Å². The molecule has 5 heteroatoms. The van der Waals surface area contributed by atoms with E-state index < -0.39 is 6.04 Å². The van der Waals surface area contributed by atoms with Crippen LogP contribution in [0.4, 0.5) is 4.39 Å². The van der Waals surface area contributed by atoms with E-state index in [1.807, 2.05) is 6.92 Å². The minimum atomic E-state index is -0.505. The van der Waals surface area contributed by atoms with Crippen molar-refractivity contribution in [3.05, 3.63) is 35.6 Å². The summed E-state index contributed by atoms with van der Waals surface area (Å²) in [6.07, 6.45) is 0. The SMILES string of the molecule is CC1NC(=O)CN(C(C)c2ccc(F)cc2)C1=O. The van der Waals surface area contributed by atoms with E-state index in [1.54, 1.807) is 19.1 Å². The van der Waals surface area contributed by atoms with Crippen molar-refractivity contribution < 1.29 is 14.0 Å². The molecule has 1 N–H and O–H groups in total. The van der Waals surface area contributed by atoms with Gasteiger partial charge in [0.05, 0.1) is 6.04 Å². The molecule has 18 heavy (non-hydrogen) atoms. The first-order valence-corrected chi connectivity index (χ1v) is 5.84. The number of benzene rings is 1. The molecule has 0 radical (unpaired) electrons. The van der Waals surface area contributed by atoms with Crippen LogP contribution in [0.3, 0.4) is 0 Å². The summed E-state index contributed by atoms with van der Waals surface area (Å²) in [5, 5.41) is 2.58. The molecule has 0 aliphatic carbocycles. The molecule has 1 fully saturated rings. The summed E-state index contributed by atoms with van der Waals surface area (Å²) in [6.45, 7) is 3.53. The van der Waals surface area contributed by atoms with E-state index in [-0.39, 0.29) is 30.2 Å². The maximum absolute atomic E-state index is 12.8. The zero-order valence-corrected chi connectivity index (χ0v) is 10.3. The molecular weight excluding hydrogens is 235 g/mol. The molecule has 1 saturated heterocycles. The van der Waals surface area contributed by atoms with Crippen molar-refractivity contribution in [2.45, 2.75) is 25.9 Å². The Balaban J connectivity index is 2.21. The zero-order chi connectivity index (χ0) is 13.3. The third kappa shape index (κ3) is 2.34. The molecule has 0 bridgehead atoms. The Morgan fingerprint density at radius 3 is 2.56 bits per heavy atom. The maximum Gasteiger partial charge on any atom is 0.245 e. The first-order valence-electron chi connectivity index (χ1n) is 5.84. The van der Waals surface area contributed by atoms with Crippen LogP contribution in [-0.4, -0.2) is 29.3 Å². The van der Waals surface area contributed by atoms with E-state index in [1.165, 1.54) is 17.0 Å². The number of nitrogens with zero attached hydrogens (tertiary/aromatic N) is 1. The van der Waals surface area contributed by atoms with Gasteiger partial charge in [-0.25, -0.2) is 4.39 Å². The molecule has 1 aromatic carbocycles. The summed E-state index contributed by atoms with van der Waals surface area (Å²) in [7, 11) is 0. The summed E-state index contributed by atoms with van der Waals surface area (Å²) >= 11 is 0. The Labute approximate surface area is 105 Å². The van der Waals surface area contributed by atoms with Gasteiger partial charge in [0, 0.05) is 0 Å². The predicted molar refractivity (Wildman–Crippen MR) is 64.1 cm³/mol. The molecule has 96 valence electrons. The first kappa shape index (κ1) is 12.5. The average molecular weight is 250 g/mol. The molecule has 0 spiro atoms. The molecule has 0 aromatic heterocycles. The second-order valence-corrected chi connectivity index (χ2v) is 4.48. The smallest absolute Gasteiger partial charge is 0.245 e. The Hall–Kier alpha value is -1.91. The van der Waals surface area contributed by atoms with Gasteiger partial charge in [-0.1, -0.05) is 12.1 Å². The van der Waals surface area contributed by atoms with Crippen LogP contribution in [0.15, 0.2) is 24.3 Å². The highest BCUT2D eigenvalue weighted by atomic mass is 19.1. The Morgan fingerprint density at radius 1 is 1.33 bits per heavy atom. The molecule has 2 unspecified atom stereocenters. The summed E-state index contributed by atoms with van der Waals surface area (Å²) < 4.78 is 12.8. The molecular formula is C13H15FN2O2. The first-order chi connectivity index (χ1) is 8.49. The van der Waals surface area contributed by atoms with Gasteiger partial charge in [-0.05, 0) is 31.5 Å². The van der Waals surface area contributed by atoms with Crippen molar-refractivity contribution in [3.8, 4) is 0 Å². The van der Waals surface area contributed by atoms with Gasteiger partial charge in [0.2, 0.25) is 11.8 Å². The van der Waals surface area contributed by atoms with Crippen LogP contribution in [0.25, 0.3) is 0 Å². The number of amides is 2. The number of rotatable bonds is 2. The molecule has 1 aliphatic rings. The lowest BCUT2D eigenvalue weighted by Gasteiger charge is -2.35. The van der Waals surface area contributed by atoms with Crippen molar-refractivity contribution in [3.63, 3.8) is 0 Å². The van der Waals surface area contributed by atoms with Gasteiger partial charge in [0.1, 0.15) is 18.4 Å². The second kappa shape index (κ2) is 4.76. The molecule has 1 aliphatic heterocycles. The molecule has 1 aromatic rings. The van der Waals surface area contributed by atoms with Gasteiger partial charge >= 0.3 is 0 Å². The number of hydrogen-bond donors (Lipinski definition) is 1. The number of halogens is 1. The summed E-state index contributed by atoms with van der Waals surface area (Å²) in [5.41, 5.74) is 0.812. The minimum absolute atomic E-state index is 0.0434. The predicted octanol–water partition coefficient (Wildman–Crippen LogP) is 1.23. The largest absolute Gasteiger partial charge is 0.343 e. The highest BCUT2D eigenvalue weighted by Gasteiger charge is 2.32. The fraction of sp³-hybridized carbons (Fsp3) is 0.385. The number of nitrogens with one attached hydrogen (secondary N) is 1. The lowest BCUT2D eigenvalue weighted by Crippen LogP contribution is -2.57. The lowest BCUT2D eigenvalue weighted by atomic mass is 10.0. The number of piperazine rings is 1. The summed E-state index contributed by atoms with van der Waals surface area (Å²) in [4.78, 5) is 25.0. The van der Waals surface area contributed by atoms with Gasteiger partial charge in [0.25, 0.3) is 0 Å². The summed E-state index contributed by atoms with van der Waals surface area (Å²) in [6, 6.07) is 5.21. The van der Waals surface area contributed by atoms with Crippen molar-refractivity contribution in [1.29, 1.82) is 0 Å². The normalized spacial score (nSPS) is 21.7. The van der Waals surface area contributed by atoms with Gasteiger partial charge in [0.15, 0.2) is 0 Å². The average Bonchev–Trinajstić information content (AvgIpc) is 2.34. The van der Waals surface area contributed by atoms with Crippen LogP contribution in [0.1, 0.15) is 25.5 Å². The molecule has 2 amide bonds. The molecule has 1 heterocycles. The fourth-order valence-corrected chi connectivity index (χ4v) is 2.08. The summed E-state index contributed by atoms with van der Waals surface area (Å²) in [5.74, 6) is -0.607. The van der Waals surface area contributed by atoms with E-state index in [0.717, 1.165) is 5.56 Å². The topological polar surface area (TPSA) is 49.4 Å². The van der Waals surface area contributed by atoms with Gasteiger partial charge in [-0.3, -0.25) is 9.59 Å². The Morgan fingerprint density at radius 2 is 1.94 bits per heavy atom. The van der Waals surface area contributed by atoms with Crippen LogP contribution in [0.5, 0.6) is 0 Å². The highest BCUT2D eigenvalue weighted by Crippen LogP contribution is 2.22. The fourth-order valence-electron chi connectivity index (χ4n) is 2.08. The van der Waals surface area contributed by atoms with Crippen molar-refractivity contribution in [2.75, 3.05) is 6.54 Å². The van der Waals surface area contributed by atoms with Gasteiger partial charge in [-0.15, -0.1) is 0 Å². The van der Waals surface area contributed by atoms with Gasteiger partial charge < -0.3 is 10.2 Å². The zero-order valence-electron chi connectivity index (χ0n) is 10.3. The molecule has 0 saturated carbocycles. The van der Waals surface area contributed by atoms with E-state index in [9.17, 15) is 14.0 Å². The third-order valence-electron chi connectivity index (χ3n) is 3.16.